The minimum Gasteiger partial charge on any atom is -0.473 e. The van der Waals surface area contributed by atoms with Crippen molar-refractivity contribution in [1.29, 1.82) is 0 Å². The summed E-state index contributed by atoms with van der Waals surface area (Å²) in [6.45, 7) is 3.95. The molecule has 0 atom stereocenters. The smallest absolute Gasteiger partial charge is 0.416 e. The highest BCUT2D eigenvalue weighted by atomic mass is 19.4. The Labute approximate surface area is 104 Å². The first kappa shape index (κ1) is 14.5. The van der Waals surface area contributed by atoms with Crippen molar-refractivity contribution in [2.45, 2.75) is 32.9 Å². The summed E-state index contributed by atoms with van der Waals surface area (Å²) in [6.07, 6.45) is 0.566. The summed E-state index contributed by atoms with van der Waals surface area (Å²) in [5.41, 5.74) is -0.344. The van der Waals surface area contributed by atoms with Crippen molar-refractivity contribution in [2.75, 3.05) is 6.61 Å². The van der Waals surface area contributed by atoms with Crippen molar-refractivity contribution in [2.24, 2.45) is 0 Å². The molecule has 1 aromatic rings. The van der Waals surface area contributed by atoms with E-state index in [1.807, 2.05) is 13.0 Å². The Hall–Kier alpha value is -1.52. The molecule has 0 saturated heterocycles. The van der Waals surface area contributed by atoms with Crippen LogP contribution in [0.15, 0.2) is 24.3 Å². The first-order valence-electron chi connectivity index (χ1n) is 5.83. The van der Waals surface area contributed by atoms with Crippen molar-refractivity contribution in [3.8, 4) is 5.88 Å². The van der Waals surface area contributed by atoms with Gasteiger partial charge in [-0.05, 0) is 18.9 Å². The molecule has 2 nitrogen and oxygen atoms in total. The molecule has 0 amide bonds. The third-order valence-corrected chi connectivity index (χ3v) is 2.27. The Bertz CT molecular complexity index is 413. The summed E-state index contributed by atoms with van der Waals surface area (Å²) in [5, 5.41) is 0. The first-order chi connectivity index (χ1) is 8.47. The Morgan fingerprint density at radius 2 is 1.94 bits per heavy atom. The van der Waals surface area contributed by atoms with Crippen molar-refractivity contribution in [1.82, 2.24) is 4.98 Å². The van der Waals surface area contributed by atoms with Crippen LogP contribution in [-0.4, -0.2) is 11.6 Å². The van der Waals surface area contributed by atoms with E-state index in [1.54, 1.807) is 13.0 Å². The van der Waals surface area contributed by atoms with Crippen LogP contribution in [0.4, 0.5) is 13.2 Å². The second kappa shape index (κ2) is 6.42. The van der Waals surface area contributed by atoms with E-state index in [9.17, 15) is 13.2 Å². The predicted octanol–water partition coefficient (Wildman–Crippen LogP) is 4.01. The number of hydrogen-bond acceptors (Lipinski definition) is 2. The molecule has 1 heterocycles. The van der Waals surface area contributed by atoms with Gasteiger partial charge in [0.15, 0.2) is 0 Å². The molecule has 1 aromatic heterocycles. The lowest BCUT2D eigenvalue weighted by molar-refractivity contribution is -0.137. The van der Waals surface area contributed by atoms with Crippen LogP contribution in [0.3, 0.4) is 0 Å². The average molecular weight is 259 g/mol. The molecular formula is C13H16F3NO. The van der Waals surface area contributed by atoms with Crippen molar-refractivity contribution in [3.05, 3.63) is 35.5 Å². The number of aryl methyl sites for hydroxylation is 1. The molecular weight excluding hydrogens is 243 g/mol. The number of halogens is 3. The maximum absolute atomic E-state index is 12.6. The van der Waals surface area contributed by atoms with Crippen LogP contribution in [0, 0.1) is 0 Å². The van der Waals surface area contributed by atoms with Gasteiger partial charge in [0.25, 0.3) is 0 Å². The second-order valence-corrected chi connectivity index (χ2v) is 3.73. The fourth-order valence-electron chi connectivity index (χ4n) is 1.35. The van der Waals surface area contributed by atoms with Gasteiger partial charge >= 0.3 is 6.18 Å². The average Bonchev–Trinajstić information content (AvgIpc) is 2.33. The molecule has 0 fully saturated rings. The van der Waals surface area contributed by atoms with Gasteiger partial charge in [-0.1, -0.05) is 26.0 Å². The Morgan fingerprint density at radius 3 is 2.50 bits per heavy atom. The lowest BCUT2D eigenvalue weighted by atomic mass is 10.2. The van der Waals surface area contributed by atoms with Gasteiger partial charge in [0.05, 0.1) is 5.56 Å². The summed E-state index contributed by atoms with van der Waals surface area (Å²) in [6, 6.07) is 1.98. The molecule has 0 bridgehead atoms. The van der Waals surface area contributed by atoms with Gasteiger partial charge in [-0.25, -0.2) is 4.98 Å². The van der Waals surface area contributed by atoms with Crippen LogP contribution >= 0.6 is 0 Å². The summed E-state index contributed by atoms with van der Waals surface area (Å²) in [4.78, 5) is 4.01. The van der Waals surface area contributed by atoms with E-state index in [0.717, 1.165) is 18.6 Å². The quantitative estimate of drug-likeness (QED) is 0.745. The van der Waals surface area contributed by atoms with E-state index < -0.39 is 11.7 Å². The van der Waals surface area contributed by atoms with Gasteiger partial charge in [-0.2, -0.15) is 13.2 Å². The highest BCUT2D eigenvalue weighted by Crippen LogP contribution is 2.31. The van der Waals surface area contributed by atoms with Gasteiger partial charge in [0.1, 0.15) is 6.61 Å². The molecule has 0 radical (unpaired) electrons. The van der Waals surface area contributed by atoms with E-state index in [1.165, 1.54) is 0 Å². The summed E-state index contributed by atoms with van der Waals surface area (Å²) >= 11 is 0. The second-order valence-electron chi connectivity index (χ2n) is 3.73. The van der Waals surface area contributed by atoms with E-state index in [0.29, 0.717) is 12.1 Å². The molecule has 0 saturated carbocycles. The predicted molar refractivity (Wildman–Crippen MR) is 63.5 cm³/mol. The number of hydrogen-bond donors (Lipinski definition) is 0. The van der Waals surface area contributed by atoms with E-state index in [2.05, 4.69) is 4.98 Å². The number of nitrogens with zero attached hydrogens (tertiary/aromatic N) is 1. The molecule has 0 aliphatic carbocycles. The number of alkyl halides is 3. The van der Waals surface area contributed by atoms with Gasteiger partial charge in [0.2, 0.25) is 5.88 Å². The zero-order chi connectivity index (χ0) is 13.6. The van der Waals surface area contributed by atoms with Gasteiger partial charge in [-0.15, -0.1) is 0 Å². The Balaban J connectivity index is 2.87. The number of aromatic nitrogens is 1. The van der Waals surface area contributed by atoms with E-state index >= 15 is 0 Å². The molecule has 1 rings (SSSR count). The highest BCUT2D eigenvalue weighted by molar-refractivity contribution is 5.27. The topological polar surface area (TPSA) is 22.1 Å². The standard InChI is InChI=1S/C13H16F3NO/c1-3-5-6-7-18-12-9-10(13(14,15)16)8-11(4-2)17-12/h5-6,8-9H,3-4,7H2,1-2H3/b6-5+. The van der Waals surface area contributed by atoms with Gasteiger partial charge in [-0.3, -0.25) is 0 Å². The lowest BCUT2D eigenvalue weighted by Gasteiger charge is -2.10. The lowest BCUT2D eigenvalue weighted by Crippen LogP contribution is -2.08. The molecule has 0 aliphatic rings. The molecule has 0 spiro atoms. The fraction of sp³-hybridized carbons (Fsp3) is 0.462. The maximum atomic E-state index is 12.6. The SMILES string of the molecule is CC/C=C/COc1cc(C(F)(F)F)cc(CC)n1. The minimum atomic E-state index is -4.37. The normalized spacial score (nSPS) is 12.1. The summed E-state index contributed by atoms with van der Waals surface area (Å²) < 4.78 is 43.1. The van der Waals surface area contributed by atoms with Crippen LogP contribution in [-0.2, 0) is 12.6 Å². The van der Waals surface area contributed by atoms with E-state index in [-0.39, 0.29) is 12.5 Å². The van der Waals surface area contributed by atoms with Crippen molar-refractivity contribution in [3.63, 3.8) is 0 Å². The van der Waals surface area contributed by atoms with Crippen molar-refractivity contribution < 1.29 is 17.9 Å². The number of rotatable bonds is 5. The molecule has 0 unspecified atom stereocenters. The molecule has 0 N–H and O–H groups in total. The summed E-state index contributed by atoms with van der Waals surface area (Å²) in [5.74, 6) is 0.0161. The molecule has 100 valence electrons. The summed E-state index contributed by atoms with van der Waals surface area (Å²) in [7, 11) is 0. The van der Waals surface area contributed by atoms with E-state index in [4.69, 9.17) is 4.74 Å². The van der Waals surface area contributed by atoms with Crippen LogP contribution < -0.4 is 4.74 Å². The fourth-order valence-corrected chi connectivity index (χ4v) is 1.35. The highest BCUT2D eigenvalue weighted by Gasteiger charge is 2.31. The monoisotopic (exact) mass is 259 g/mol. The molecule has 5 heteroatoms. The zero-order valence-corrected chi connectivity index (χ0v) is 10.4. The zero-order valence-electron chi connectivity index (χ0n) is 10.4. The number of allylic oxidation sites excluding steroid dienone is 1. The third kappa shape index (κ3) is 4.39. The van der Waals surface area contributed by atoms with Crippen LogP contribution in [0.1, 0.15) is 31.5 Å². The number of ether oxygens (including phenoxy) is 1. The molecule has 18 heavy (non-hydrogen) atoms. The largest absolute Gasteiger partial charge is 0.473 e. The molecule has 0 aromatic carbocycles. The maximum Gasteiger partial charge on any atom is 0.416 e. The van der Waals surface area contributed by atoms with Crippen molar-refractivity contribution >= 4 is 0 Å². The number of pyridine rings is 1. The van der Waals surface area contributed by atoms with Crippen LogP contribution in [0.2, 0.25) is 0 Å². The first-order valence-corrected chi connectivity index (χ1v) is 5.83. The Morgan fingerprint density at radius 1 is 1.22 bits per heavy atom. The minimum absolute atomic E-state index is 0.0161. The van der Waals surface area contributed by atoms with Crippen LogP contribution in [0.5, 0.6) is 5.88 Å². The molecule has 0 aliphatic heterocycles. The van der Waals surface area contributed by atoms with Crippen LogP contribution in [0.25, 0.3) is 0 Å². The third-order valence-electron chi connectivity index (χ3n) is 2.27. The van der Waals surface area contributed by atoms with Gasteiger partial charge < -0.3 is 4.74 Å². The van der Waals surface area contributed by atoms with Gasteiger partial charge in [0, 0.05) is 11.8 Å². The Kier molecular flexibility index (Phi) is 5.19.